The van der Waals surface area contributed by atoms with Crippen LogP contribution in [0.3, 0.4) is 0 Å². The maximum atomic E-state index is 12.0. The van der Waals surface area contributed by atoms with E-state index in [1.807, 2.05) is 28.7 Å². The van der Waals surface area contributed by atoms with Gasteiger partial charge in [0.25, 0.3) is 0 Å². The van der Waals surface area contributed by atoms with Gasteiger partial charge in [-0.1, -0.05) is 12.1 Å². The van der Waals surface area contributed by atoms with E-state index < -0.39 is 5.97 Å². The smallest absolute Gasteiger partial charge is 0.371 e. The number of carboxylic acid groups (broad SMARTS) is 1. The monoisotopic (exact) mass is 342 g/mol. The number of halogens is 1. The Hall–Kier alpha value is -1.63. The van der Waals surface area contributed by atoms with Crippen LogP contribution in [-0.4, -0.2) is 16.9 Å². The zero-order chi connectivity index (χ0) is 12.4. The SMILES string of the molecule is O=C(O)c1ccc(C(=O)c2ccccc2I)o1. The highest BCUT2D eigenvalue weighted by Gasteiger charge is 2.18. The molecule has 0 aliphatic heterocycles. The van der Waals surface area contributed by atoms with Gasteiger partial charge in [-0.3, -0.25) is 4.79 Å². The van der Waals surface area contributed by atoms with Crippen molar-refractivity contribution in [2.45, 2.75) is 0 Å². The van der Waals surface area contributed by atoms with Crippen LogP contribution in [0.2, 0.25) is 0 Å². The van der Waals surface area contributed by atoms with Gasteiger partial charge in [0.15, 0.2) is 5.76 Å². The van der Waals surface area contributed by atoms with Crippen LogP contribution in [0.1, 0.15) is 26.7 Å². The van der Waals surface area contributed by atoms with Gasteiger partial charge in [-0.25, -0.2) is 4.79 Å². The zero-order valence-electron chi connectivity index (χ0n) is 8.51. The number of ketones is 1. The van der Waals surface area contributed by atoms with Gasteiger partial charge in [0, 0.05) is 9.13 Å². The number of furan rings is 1. The number of aromatic carboxylic acids is 1. The Bertz CT molecular complexity index is 586. The van der Waals surface area contributed by atoms with Gasteiger partial charge < -0.3 is 9.52 Å². The van der Waals surface area contributed by atoms with Crippen molar-refractivity contribution in [2.75, 3.05) is 0 Å². The van der Waals surface area contributed by atoms with E-state index in [1.165, 1.54) is 12.1 Å². The molecule has 0 atom stereocenters. The normalized spacial score (nSPS) is 10.2. The van der Waals surface area contributed by atoms with Gasteiger partial charge in [0.1, 0.15) is 0 Å². The molecule has 0 bridgehead atoms. The number of hydrogen-bond acceptors (Lipinski definition) is 3. The second kappa shape index (κ2) is 4.70. The Labute approximate surface area is 110 Å². The molecule has 86 valence electrons. The molecule has 0 unspecified atom stereocenters. The van der Waals surface area contributed by atoms with Gasteiger partial charge in [0.05, 0.1) is 0 Å². The van der Waals surface area contributed by atoms with E-state index in [4.69, 9.17) is 9.52 Å². The largest absolute Gasteiger partial charge is 0.475 e. The van der Waals surface area contributed by atoms with E-state index in [2.05, 4.69) is 0 Å². The third kappa shape index (κ3) is 2.38. The Morgan fingerprint density at radius 2 is 1.71 bits per heavy atom. The van der Waals surface area contributed by atoms with Crippen molar-refractivity contribution in [3.8, 4) is 0 Å². The van der Waals surface area contributed by atoms with Crippen LogP contribution in [0, 0.1) is 3.57 Å². The third-order valence-electron chi connectivity index (χ3n) is 2.16. The highest BCUT2D eigenvalue weighted by atomic mass is 127. The van der Waals surface area contributed by atoms with Crippen LogP contribution < -0.4 is 0 Å². The lowest BCUT2D eigenvalue weighted by molar-refractivity contribution is 0.0660. The molecule has 4 nitrogen and oxygen atoms in total. The van der Waals surface area contributed by atoms with Crippen LogP contribution in [0.15, 0.2) is 40.8 Å². The summed E-state index contributed by atoms with van der Waals surface area (Å²) in [5.74, 6) is -1.71. The highest BCUT2D eigenvalue weighted by Crippen LogP contribution is 2.18. The quantitative estimate of drug-likeness (QED) is 0.688. The molecule has 0 saturated carbocycles. The first-order valence-corrected chi connectivity index (χ1v) is 5.80. The molecule has 1 aromatic carbocycles. The number of carbonyl (C=O) groups excluding carboxylic acids is 1. The minimum absolute atomic E-state index is 0.0338. The molecule has 0 spiro atoms. The molecule has 2 aromatic rings. The number of carbonyl (C=O) groups is 2. The van der Waals surface area contributed by atoms with Gasteiger partial charge >= 0.3 is 5.97 Å². The Morgan fingerprint density at radius 3 is 2.29 bits per heavy atom. The molecular weight excluding hydrogens is 335 g/mol. The van der Waals surface area contributed by atoms with Crippen molar-refractivity contribution in [1.29, 1.82) is 0 Å². The minimum atomic E-state index is -1.19. The van der Waals surface area contributed by atoms with Gasteiger partial charge in [0.2, 0.25) is 11.5 Å². The molecule has 0 saturated heterocycles. The second-order valence-electron chi connectivity index (χ2n) is 3.28. The standard InChI is InChI=1S/C12H7IO4/c13-8-4-2-1-3-7(8)11(14)9-5-6-10(17-9)12(15)16/h1-6H,(H,15,16). The van der Waals surface area contributed by atoms with Crippen molar-refractivity contribution in [2.24, 2.45) is 0 Å². The van der Waals surface area contributed by atoms with Crippen molar-refractivity contribution in [1.82, 2.24) is 0 Å². The lowest BCUT2D eigenvalue weighted by Gasteiger charge is -2.00. The fourth-order valence-corrected chi connectivity index (χ4v) is 1.99. The van der Waals surface area contributed by atoms with E-state index in [1.54, 1.807) is 18.2 Å². The van der Waals surface area contributed by atoms with Crippen molar-refractivity contribution >= 4 is 34.3 Å². The average Bonchev–Trinajstić information content (AvgIpc) is 2.78. The van der Waals surface area contributed by atoms with Crippen LogP contribution in [-0.2, 0) is 0 Å². The van der Waals surface area contributed by atoms with Crippen LogP contribution in [0.4, 0.5) is 0 Å². The van der Waals surface area contributed by atoms with E-state index in [-0.39, 0.29) is 17.3 Å². The molecule has 0 radical (unpaired) electrons. The van der Waals surface area contributed by atoms with Crippen molar-refractivity contribution in [3.05, 3.63) is 57.1 Å². The maximum Gasteiger partial charge on any atom is 0.371 e. The fourth-order valence-electron chi connectivity index (χ4n) is 1.35. The number of benzene rings is 1. The zero-order valence-corrected chi connectivity index (χ0v) is 10.7. The molecule has 5 heteroatoms. The maximum absolute atomic E-state index is 12.0. The summed E-state index contributed by atoms with van der Waals surface area (Å²) < 4.78 is 5.76. The van der Waals surface area contributed by atoms with Crippen molar-refractivity contribution < 1.29 is 19.1 Å². The molecule has 2 rings (SSSR count). The van der Waals surface area contributed by atoms with E-state index >= 15 is 0 Å². The molecule has 1 N–H and O–H groups in total. The first-order valence-electron chi connectivity index (χ1n) is 4.72. The summed E-state index contributed by atoms with van der Waals surface area (Å²) in [7, 11) is 0. The molecule has 1 heterocycles. The highest BCUT2D eigenvalue weighted by molar-refractivity contribution is 14.1. The summed E-state index contributed by atoms with van der Waals surface area (Å²) in [5.41, 5.74) is 0.499. The molecule has 0 aliphatic rings. The fraction of sp³-hybridized carbons (Fsp3) is 0. The molecule has 0 fully saturated rings. The lowest BCUT2D eigenvalue weighted by Crippen LogP contribution is -2.02. The van der Waals surface area contributed by atoms with Crippen molar-refractivity contribution in [3.63, 3.8) is 0 Å². The van der Waals surface area contributed by atoms with E-state index in [0.717, 1.165) is 3.57 Å². The minimum Gasteiger partial charge on any atom is -0.475 e. The van der Waals surface area contributed by atoms with Gasteiger partial charge in [-0.05, 0) is 46.9 Å². The Morgan fingerprint density at radius 1 is 1.06 bits per heavy atom. The summed E-state index contributed by atoms with van der Waals surface area (Å²) in [5, 5.41) is 8.70. The van der Waals surface area contributed by atoms with Crippen LogP contribution >= 0.6 is 22.6 Å². The number of carboxylic acids is 1. The third-order valence-corrected chi connectivity index (χ3v) is 3.10. The first kappa shape index (κ1) is 11.8. The summed E-state index contributed by atoms with van der Waals surface area (Å²) in [4.78, 5) is 22.6. The van der Waals surface area contributed by atoms with E-state index in [9.17, 15) is 9.59 Å². The van der Waals surface area contributed by atoms with Crippen LogP contribution in [0.5, 0.6) is 0 Å². The topological polar surface area (TPSA) is 67.5 Å². The Balaban J connectivity index is 2.37. The Kier molecular flexibility index (Phi) is 3.28. The van der Waals surface area contributed by atoms with Crippen LogP contribution in [0.25, 0.3) is 0 Å². The molecular formula is C12H7IO4. The lowest BCUT2D eigenvalue weighted by atomic mass is 10.1. The molecule has 1 aromatic heterocycles. The average molecular weight is 342 g/mol. The number of hydrogen-bond donors (Lipinski definition) is 1. The summed E-state index contributed by atoms with van der Waals surface area (Å²) in [6.45, 7) is 0. The molecule has 0 amide bonds. The predicted molar refractivity (Wildman–Crippen MR) is 68.3 cm³/mol. The summed E-state index contributed by atoms with van der Waals surface area (Å²) in [6, 6.07) is 9.68. The number of rotatable bonds is 3. The molecule has 17 heavy (non-hydrogen) atoms. The first-order chi connectivity index (χ1) is 8.09. The van der Waals surface area contributed by atoms with Gasteiger partial charge in [-0.2, -0.15) is 0 Å². The second-order valence-corrected chi connectivity index (χ2v) is 4.44. The van der Waals surface area contributed by atoms with Gasteiger partial charge in [-0.15, -0.1) is 0 Å². The predicted octanol–water partition coefficient (Wildman–Crippen LogP) is 2.81. The molecule has 0 aliphatic carbocycles. The van der Waals surface area contributed by atoms with E-state index in [0.29, 0.717) is 5.56 Å². The summed E-state index contributed by atoms with van der Waals surface area (Å²) >= 11 is 2.04. The summed E-state index contributed by atoms with van der Waals surface area (Å²) in [6.07, 6.45) is 0.